The molecule has 2 rings (SSSR count). The van der Waals surface area contributed by atoms with Crippen LogP contribution in [-0.4, -0.2) is 54.8 Å². The summed E-state index contributed by atoms with van der Waals surface area (Å²) >= 11 is 3.34. The third kappa shape index (κ3) is 4.28. The molecule has 0 unspecified atom stereocenters. The molecule has 1 atom stereocenters. The Morgan fingerprint density at radius 1 is 1.55 bits per heavy atom. The fourth-order valence-electron chi connectivity index (χ4n) is 1.81. The fourth-order valence-corrected chi connectivity index (χ4v) is 2.04. The maximum Gasteiger partial charge on any atom is 0.234 e. The highest BCUT2D eigenvalue weighted by atomic mass is 79.9. The second kappa shape index (κ2) is 6.81. The summed E-state index contributed by atoms with van der Waals surface area (Å²) < 4.78 is 0.924. The van der Waals surface area contributed by atoms with Crippen LogP contribution < -0.4 is 5.32 Å². The second-order valence-corrected chi connectivity index (χ2v) is 5.79. The lowest BCUT2D eigenvalue weighted by Crippen LogP contribution is -2.37. The van der Waals surface area contributed by atoms with Crippen molar-refractivity contribution in [3.63, 3.8) is 0 Å². The Kier molecular flexibility index (Phi) is 5.08. The Hall–Kier alpha value is -1.47. The van der Waals surface area contributed by atoms with E-state index in [-0.39, 0.29) is 12.0 Å². The number of amides is 1. The molecule has 1 aliphatic heterocycles. The number of hydrogen-bond donors (Lipinski definition) is 1. The lowest BCUT2D eigenvalue weighted by atomic mass is 10.1. The standard InChI is InChI=1S/C13H17BrN4O2/c1-18(2)8-13(19)16-7-10-5-12(17-20-10)11-4-3-9(14)6-15-11/h3-4,6,10H,5,7-8H2,1-2H3,(H,16,19)/t10-/m0/s1. The molecule has 0 saturated carbocycles. The summed E-state index contributed by atoms with van der Waals surface area (Å²) in [6, 6.07) is 3.80. The average molecular weight is 341 g/mol. The number of carbonyl (C=O) groups is 1. The van der Waals surface area contributed by atoms with Crippen molar-refractivity contribution in [2.45, 2.75) is 12.5 Å². The van der Waals surface area contributed by atoms with Crippen LogP contribution in [0, 0.1) is 0 Å². The van der Waals surface area contributed by atoms with Crippen molar-refractivity contribution in [2.75, 3.05) is 27.2 Å². The first-order valence-electron chi connectivity index (χ1n) is 6.30. The molecule has 1 N–H and O–H groups in total. The third-order valence-corrected chi connectivity index (χ3v) is 3.21. The molecular formula is C13H17BrN4O2. The molecule has 0 aromatic carbocycles. The zero-order valence-corrected chi connectivity index (χ0v) is 13.1. The number of rotatable bonds is 5. The summed E-state index contributed by atoms with van der Waals surface area (Å²) in [4.78, 5) is 22.9. The summed E-state index contributed by atoms with van der Waals surface area (Å²) in [6.07, 6.45) is 2.25. The number of carbonyl (C=O) groups excluding carboxylic acids is 1. The van der Waals surface area contributed by atoms with E-state index in [2.05, 4.69) is 31.4 Å². The largest absolute Gasteiger partial charge is 0.390 e. The van der Waals surface area contributed by atoms with Crippen molar-refractivity contribution >= 4 is 27.5 Å². The highest BCUT2D eigenvalue weighted by Crippen LogP contribution is 2.16. The molecule has 7 heteroatoms. The molecular weight excluding hydrogens is 324 g/mol. The Morgan fingerprint density at radius 2 is 2.35 bits per heavy atom. The van der Waals surface area contributed by atoms with Crippen LogP contribution in [-0.2, 0) is 9.63 Å². The SMILES string of the molecule is CN(C)CC(=O)NC[C@@H]1CC(c2ccc(Br)cn2)=NO1. The van der Waals surface area contributed by atoms with Crippen molar-refractivity contribution in [3.8, 4) is 0 Å². The van der Waals surface area contributed by atoms with Gasteiger partial charge in [-0.25, -0.2) is 0 Å². The first-order valence-corrected chi connectivity index (χ1v) is 7.10. The minimum absolute atomic E-state index is 0.0196. The number of pyridine rings is 1. The van der Waals surface area contributed by atoms with Crippen LogP contribution in [0.15, 0.2) is 28.0 Å². The molecule has 0 spiro atoms. The molecule has 1 aromatic heterocycles. The van der Waals surface area contributed by atoms with E-state index >= 15 is 0 Å². The van der Waals surface area contributed by atoms with E-state index in [0.29, 0.717) is 19.5 Å². The highest BCUT2D eigenvalue weighted by Gasteiger charge is 2.23. The van der Waals surface area contributed by atoms with Gasteiger partial charge in [-0.3, -0.25) is 9.78 Å². The number of likely N-dealkylation sites (N-methyl/N-ethyl adjacent to an activating group) is 1. The van der Waals surface area contributed by atoms with Gasteiger partial charge in [0.1, 0.15) is 5.71 Å². The number of nitrogens with one attached hydrogen (secondary N) is 1. The van der Waals surface area contributed by atoms with E-state index in [1.54, 1.807) is 6.20 Å². The zero-order valence-electron chi connectivity index (χ0n) is 11.5. The maximum absolute atomic E-state index is 11.5. The van der Waals surface area contributed by atoms with E-state index < -0.39 is 0 Å². The molecule has 1 aromatic rings. The van der Waals surface area contributed by atoms with E-state index in [4.69, 9.17) is 4.84 Å². The third-order valence-electron chi connectivity index (χ3n) is 2.74. The van der Waals surface area contributed by atoms with E-state index in [1.807, 2.05) is 31.1 Å². The van der Waals surface area contributed by atoms with Crippen molar-refractivity contribution in [1.82, 2.24) is 15.2 Å². The van der Waals surface area contributed by atoms with Gasteiger partial charge in [-0.15, -0.1) is 0 Å². The van der Waals surface area contributed by atoms with Gasteiger partial charge in [-0.2, -0.15) is 0 Å². The smallest absolute Gasteiger partial charge is 0.234 e. The average Bonchev–Trinajstić information content (AvgIpc) is 2.85. The number of nitrogens with zero attached hydrogens (tertiary/aromatic N) is 3. The van der Waals surface area contributed by atoms with Crippen LogP contribution in [0.5, 0.6) is 0 Å². The van der Waals surface area contributed by atoms with Gasteiger partial charge < -0.3 is 15.1 Å². The molecule has 1 amide bonds. The normalized spacial score (nSPS) is 17.8. The summed E-state index contributed by atoms with van der Waals surface area (Å²) in [7, 11) is 3.71. The van der Waals surface area contributed by atoms with Crippen LogP contribution in [0.1, 0.15) is 12.1 Å². The molecule has 6 nitrogen and oxygen atoms in total. The topological polar surface area (TPSA) is 66.8 Å². The zero-order chi connectivity index (χ0) is 14.5. The Labute approximate surface area is 126 Å². The summed E-state index contributed by atoms with van der Waals surface area (Å²) in [5.41, 5.74) is 1.61. The second-order valence-electron chi connectivity index (χ2n) is 4.87. The lowest BCUT2D eigenvalue weighted by molar-refractivity contribution is -0.122. The summed E-state index contributed by atoms with van der Waals surface area (Å²) in [5, 5.41) is 6.86. The molecule has 0 aliphatic carbocycles. The molecule has 108 valence electrons. The van der Waals surface area contributed by atoms with E-state index in [0.717, 1.165) is 15.9 Å². The Morgan fingerprint density at radius 3 is 3.00 bits per heavy atom. The first kappa shape index (κ1) is 14.9. The molecule has 0 radical (unpaired) electrons. The van der Waals surface area contributed by atoms with E-state index in [9.17, 15) is 4.79 Å². The monoisotopic (exact) mass is 340 g/mol. The van der Waals surface area contributed by atoms with Gasteiger partial charge >= 0.3 is 0 Å². The van der Waals surface area contributed by atoms with Gasteiger partial charge in [-0.05, 0) is 42.2 Å². The maximum atomic E-state index is 11.5. The Bertz CT molecular complexity index is 502. The fraction of sp³-hybridized carbons (Fsp3) is 0.462. The quantitative estimate of drug-likeness (QED) is 0.868. The van der Waals surface area contributed by atoms with Crippen LogP contribution in [0.25, 0.3) is 0 Å². The molecule has 1 aliphatic rings. The highest BCUT2D eigenvalue weighted by molar-refractivity contribution is 9.10. The summed E-state index contributed by atoms with van der Waals surface area (Å²) in [6.45, 7) is 0.824. The van der Waals surface area contributed by atoms with Crippen LogP contribution in [0.4, 0.5) is 0 Å². The molecule has 20 heavy (non-hydrogen) atoms. The van der Waals surface area contributed by atoms with E-state index in [1.165, 1.54) is 0 Å². The predicted octanol–water partition coefficient (Wildman–Crippen LogP) is 1.01. The minimum atomic E-state index is -0.124. The van der Waals surface area contributed by atoms with Crippen molar-refractivity contribution < 1.29 is 9.63 Å². The van der Waals surface area contributed by atoms with Gasteiger partial charge in [0, 0.05) is 17.1 Å². The Balaban J connectivity index is 1.80. The van der Waals surface area contributed by atoms with Crippen LogP contribution in [0.2, 0.25) is 0 Å². The van der Waals surface area contributed by atoms with Crippen molar-refractivity contribution in [2.24, 2.45) is 5.16 Å². The molecule has 0 bridgehead atoms. The number of halogens is 1. The minimum Gasteiger partial charge on any atom is -0.390 e. The summed E-state index contributed by atoms with van der Waals surface area (Å²) in [5.74, 6) is -0.0196. The molecule has 0 fully saturated rings. The van der Waals surface area contributed by atoms with Gasteiger partial charge in [0.2, 0.25) is 5.91 Å². The van der Waals surface area contributed by atoms with Crippen molar-refractivity contribution in [3.05, 3.63) is 28.5 Å². The van der Waals surface area contributed by atoms with Gasteiger partial charge in [-0.1, -0.05) is 5.16 Å². The van der Waals surface area contributed by atoms with Gasteiger partial charge in [0.05, 0.1) is 18.8 Å². The lowest BCUT2D eigenvalue weighted by Gasteiger charge is -2.12. The number of aromatic nitrogens is 1. The van der Waals surface area contributed by atoms with Gasteiger partial charge in [0.15, 0.2) is 6.10 Å². The van der Waals surface area contributed by atoms with Gasteiger partial charge in [0.25, 0.3) is 0 Å². The van der Waals surface area contributed by atoms with Crippen molar-refractivity contribution in [1.29, 1.82) is 0 Å². The number of oxime groups is 1. The van der Waals surface area contributed by atoms with Crippen LogP contribution >= 0.6 is 15.9 Å². The molecule has 0 saturated heterocycles. The first-order chi connectivity index (χ1) is 9.54. The molecule has 2 heterocycles. The predicted molar refractivity (Wildman–Crippen MR) is 79.5 cm³/mol. The number of hydrogen-bond acceptors (Lipinski definition) is 5. The van der Waals surface area contributed by atoms with Crippen LogP contribution in [0.3, 0.4) is 0 Å².